The first-order valence-corrected chi connectivity index (χ1v) is 2.66. The molecule has 62 valence electrons. The number of aliphatic imine (C=N–C) groups is 1. The largest absolute Gasteiger partial charge is 0.449 e. The van der Waals surface area contributed by atoms with Crippen molar-refractivity contribution >= 4 is 11.9 Å². The molecule has 1 heterocycles. The molecule has 1 rings (SSSR count). The maximum atomic E-state index is 11.7. The normalized spacial score (nSPS) is 18.5. The highest BCUT2D eigenvalue weighted by Gasteiger charge is 2.38. The van der Waals surface area contributed by atoms with Crippen LogP contribution in [0.4, 0.5) is 18.0 Å². The van der Waals surface area contributed by atoms with Crippen LogP contribution in [0, 0.1) is 0 Å². The Morgan fingerprint density at radius 2 is 2.09 bits per heavy atom. The van der Waals surface area contributed by atoms with Crippen molar-refractivity contribution in [2.45, 2.75) is 6.18 Å². The van der Waals surface area contributed by atoms with Crippen LogP contribution < -0.4 is 10.6 Å². The van der Waals surface area contributed by atoms with Gasteiger partial charge in [-0.05, 0) is 0 Å². The van der Waals surface area contributed by atoms with Crippen molar-refractivity contribution in [1.29, 1.82) is 0 Å². The Bertz CT molecular complexity index is 209. The van der Waals surface area contributed by atoms with Gasteiger partial charge < -0.3 is 5.32 Å². The summed E-state index contributed by atoms with van der Waals surface area (Å²) in [4.78, 5) is 13.3. The zero-order valence-electron chi connectivity index (χ0n) is 5.20. The Hall–Kier alpha value is -1.27. The third kappa shape index (κ3) is 1.82. The van der Waals surface area contributed by atoms with Crippen molar-refractivity contribution in [3.8, 4) is 0 Å². The minimum absolute atomic E-state index is 0.333. The Kier molecular flexibility index (Phi) is 1.71. The molecule has 1 aliphatic rings. The van der Waals surface area contributed by atoms with Gasteiger partial charge in [-0.3, -0.25) is 5.32 Å². The van der Waals surface area contributed by atoms with Crippen molar-refractivity contribution < 1.29 is 18.0 Å². The number of halogens is 3. The Labute approximate surface area is 59.5 Å². The summed E-state index contributed by atoms with van der Waals surface area (Å²) in [6, 6.07) is -0.882. The number of amides is 2. The molecule has 0 aromatic heterocycles. The molecular weight excluding hydrogens is 163 g/mol. The summed E-state index contributed by atoms with van der Waals surface area (Å²) >= 11 is 0. The smallest absolute Gasteiger partial charge is 0.318 e. The van der Waals surface area contributed by atoms with Crippen LogP contribution in [0.15, 0.2) is 4.99 Å². The van der Waals surface area contributed by atoms with Gasteiger partial charge in [0, 0.05) is 0 Å². The van der Waals surface area contributed by atoms with Gasteiger partial charge in [-0.15, -0.1) is 0 Å². The number of carbonyl (C=O) groups is 1. The van der Waals surface area contributed by atoms with Crippen LogP contribution in [-0.4, -0.2) is 24.7 Å². The molecule has 0 saturated carbocycles. The zero-order chi connectivity index (χ0) is 8.48. The van der Waals surface area contributed by atoms with Crippen molar-refractivity contribution in [1.82, 2.24) is 10.6 Å². The topological polar surface area (TPSA) is 53.5 Å². The van der Waals surface area contributed by atoms with Crippen molar-refractivity contribution in [3.05, 3.63) is 0 Å². The van der Waals surface area contributed by atoms with E-state index >= 15 is 0 Å². The fourth-order valence-electron chi connectivity index (χ4n) is 0.542. The quantitative estimate of drug-likeness (QED) is 0.532. The van der Waals surface area contributed by atoms with Gasteiger partial charge >= 0.3 is 12.2 Å². The number of hydrogen-bond donors (Lipinski definition) is 2. The minimum Gasteiger partial charge on any atom is -0.318 e. The first-order valence-electron chi connectivity index (χ1n) is 2.66. The summed E-state index contributed by atoms with van der Waals surface area (Å²) in [5, 5.41) is 3.58. The van der Waals surface area contributed by atoms with Crippen LogP contribution in [0.5, 0.6) is 0 Å². The highest BCUT2D eigenvalue weighted by Crippen LogP contribution is 2.16. The summed E-state index contributed by atoms with van der Waals surface area (Å²) in [6.07, 6.45) is -4.57. The molecule has 0 radical (unpaired) electrons. The third-order valence-electron chi connectivity index (χ3n) is 0.977. The molecule has 7 heteroatoms. The molecule has 2 N–H and O–H groups in total. The molecule has 0 unspecified atom stereocenters. The number of alkyl halides is 3. The molecule has 4 nitrogen and oxygen atoms in total. The van der Waals surface area contributed by atoms with E-state index in [0.717, 1.165) is 0 Å². The summed E-state index contributed by atoms with van der Waals surface area (Å²) in [5.41, 5.74) is 0. The second-order valence-electron chi connectivity index (χ2n) is 1.79. The lowest BCUT2D eigenvalue weighted by Gasteiger charge is -2.16. The summed E-state index contributed by atoms with van der Waals surface area (Å²) in [6.45, 7) is -0.333. The molecule has 0 bridgehead atoms. The maximum absolute atomic E-state index is 11.7. The van der Waals surface area contributed by atoms with Crippen LogP contribution in [0.25, 0.3) is 0 Å². The predicted octanol–water partition coefficient (Wildman–Crippen LogP) is 0.218. The lowest BCUT2D eigenvalue weighted by Crippen LogP contribution is -2.50. The van der Waals surface area contributed by atoms with Crippen LogP contribution in [0.1, 0.15) is 0 Å². The predicted molar refractivity (Wildman–Crippen MR) is 30.0 cm³/mol. The van der Waals surface area contributed by atoms with Crippen LogP contribution in [0.2, 0.25) is 0 Å². The standard InChI is InChI=1S/C4H4F3N3O/c5-4(6,7)2-8-1-9-3(11)10-2/h1H2,(H2,8,9,10,11). The highest BCUT2D eigenvalue weighted by molar-refractivity contribution is 6.01. The molecular formula is C4H4F3N3O. The molecule has 2 amide bonds. The van der Waals surface area contributed by atoms with E-state index in [1.165, 1.54) is 5.32 Å². The number of nitrogens with zero attached hydrogens (tertiary/aromatic N) is 1. The maximum Gasteiger partial charge on any atom is 0.449 e. The van der Waals surface area contributed by atoms with E-state index in [0.29, 0.717) is 0 Å². The average Bonchev–Trinajstić information content (AvgIpc) is 1.86. The minimum atomic E-state index is -4.57. The van der Waals surface area contributed by atoms with Gasteiger partial charge in [0.15, 0.2) is 0 Å². The van der Waals surface area contributed by atoms with Gasteiger partial charge in [-0.1, -0.05) is 0 Å². The first kappa shape index (κ1) is 7.83. The second kappa shape index (κ2) is 2.40. The van der Waals surface area contributed by atoms with E-state index in [1.54, 1.807) is 0 Å². The molecule has 0 aromatic carbocycles. The van der Waals surface area contributed by atoms with Crippen LogP contribution in [-0.2, 0) is 0 Å². The summed E-state index contributed by atoms with van der Waals surface area (Å²) < 4.78 is 35.2. The van der Waals surface area contributed by atoms with Gasteiger partial charge in [-0.25, -0.2) is 9.79 Å². The molecule has 1 aliphatic heterocycles. The molecule has 11 heavy (non-hydrogen) atoms. The van der Waals surface area contributed by atoms with E-state index in [2.05, 4.69) is 4.99 Å². The van der Waals surface area contributed by atoms with Gasteiger partial charge in [-0.2, -0.15) is 13.2 Å². The van der Waals surface area contributed by atoms with Gasteiger partial charge in [0.25, 0.3) is 0 Å². The number of nitrogens with one attached hydrogen (secondary N) is 2. The molecule has 0 atom stereocenters. The molecule has 0 fully saturated rings. The van der Waals surface area contributed by atoms with Gasteiger partial charge in [0.05, 0.1) is 0 Å². The lowest BCUT2D eigenvalue weighted by atomic mass is 10.5. The number of carbonyl (C=O) groups excluding carboxylic acids is 1. The van der Waals surface area contributed by atoms with Crippen LogP contribution in [0.3, 0.4) is 0 Å². The van der Waals surface area contributed by atoms with Crippen LogP contribution >= 0.6 is 0 Å². The second-order valence-corrected chi connectivity index (χ2v) is 1.79. The summed E-state index contributed by atoms with van der Waals surface area (Å²) in [5.74, 6) is -1.25. The van der Waals surface area contributed by atoms with Gasteiger partial charge in [0.2, 0.25) is 5.84 Å². The van der Waals surface area contributed by atoms with Crippen molar-refractivity contribution in [2.24, 2.45) is 4.99 Å². The SMILES string of the molecule is O=C1NCN=C(C(F)(F)F)N1. The van der Waals surface area contributed by atoms with E-state index in [1.807, 2.05) is 5.32 Å². The number of hydrogen-bond acceptors (Lipinski definition) is 2. The molecule has 0 saturated heterocycles. The fourth-order valence-corrected chi connectivity index (χ4v) is 0.542. The molecule has 0 spiro atoms. The first-order chi connectivity index (χ1) is 5.00. The fraction of sp³-hybridized carbons (Fsp3) is 0.500. The number of urea groups is 1. The van der Waals surface area contributed by atoms with E-state index in [4.69, 9.17) is 0 Å². The van der Waals surface area contributed by atoms with Gasteiger partial charge in [0.1, 0.15) is 6.67 Å². The number of amidine groups is 1. The van der Waals surface area contributed by atoms with E-state index in [-0.39, 0.29) is 6.67 Å². The van der Waals surface area contributed by atoms with Crippen molar-refractivity contribution in [2.75, 3.05) is 6.67 Å². The monoisotopic (exact) mass is 167 g/mol. The Morgan fingerprint density at radius 3 is 2.45 bits per heavy atom. The molecule has 0 aromatic rings. The third-order valence-corrected chi connectivity index (χ3v) is 0.977. The van der Waals surface area contributed by atoms with Crippen molar-refractivity contribution in [3.63, 3.8) is 0 Å². The van der Waals surface area contributed by atoms with E-state index < -0.39 is 18.0 Å². The zero-order valence-corrected chi connectivity index (χ0v) is 5.20. The lowest BCUT2D eigenvalue weighted by molar-refractivity contribution is -0.0618. The highest BCUT2D eigenvalue weighted by atomic mass is 19.4. The average molecular weight is 167 g/mol. The molecule has 0 aliphatic carbocycles. The Morgan fingerprint density at radius 1 is 1.45 bits per heavy atom. The van der Waals surface area contributed by atoms with E-state index in [9.17, 15) is 18.0 Å². The number of rotatable bonds is 0. The Balaban J connectivity index is 2.73. The summed E-state index contributed by atoms with van der Waals surface area (Å²) in [7, 11) is 0.